The Bertz CT molecular complexity index is 284. The van der Waals surface area contributed by atoms with E-state index in [2.05, 4.69) is 34.1 Å². The second-order valence-electron chi connectivity index (χ2n) is 5.28. The zero-order chi connectivity index (χ0) is 17.6. The SMILES string of the molecule is CCCCCCCCNCCCC.CCN.Nc1ncncn1. The summed E-state index contributed by atoms with van der Waals surface area (Å²) >= 11 is 0. The highest BCUT2D eigenvalue weighted by atomic mass is 15.0. The van der Waals surface area contributed by atoms with E-state index in [-0.39, 0.29) is 5.95 Å². The molecule has 0 fully saturated rings. The first-order valence-electron chi connectivity index (χ1n) is 9.01. The van der Waals surface area contributed by atoms with Gasteiger partial charge in [-0.1, -0.05) is 59.3 Å². The molecule has 1 aromatic rings. The maximum atomic E-state index is 5.10. The highest BCUT2D eigenvalue weighted by Gasteiger charge is 1.89. The number of nitrogens with one attached hydrogen (secondary N) is 1. The third-order valence-electron chi connectivity index (χ3n) is 2.93. The van der Waals surface area contributed by atoms with E-state index >= 15 is 0 Å². The van der Waals surface area contributed by atoms with Crippen molar-refractivity contribution in [2.24, 2.45) is 5.73 Å². The summed E-state index contributed by atoms with van der Waals surface area (Å²) in [6, 6.07) is 0. The minimum Gasteiger partial charge on any atom is -0.368 e. The van der Waals surface area contributed by atoms with E-state index in [1.54, 1.807) is 0 Å². The van der Waals surface area contributed by atoms with Crippen LogP contribution in [0.25, 0.3) is 0 Å². The molecular weight excluding hydrogens is 288 g/mol. The van der Waals surface area contributed by atoms with Crippen LogP contribution in [-0.2, 0) is 0 Å². The largest absolute Gasteiger partial charge is 0.368 e. The zero-order valence-corrected chi connectivity index (χ0v) is 15.4. The number of nitrogens with two attached hydrogens (primary N) is 2. The fourth-order valence-corrected chi connectivity index (χ4v) is 1.71. The normalized spacial score (nSPS) is 9.39. The van der Waals surface area contributed by atoms with Crippen molar-refractivity contribution >= 4 is 5.95 Å². The maximum absolute atomic E-state index is 5.10. The lowest BCUT2D eigenvalue weighted by Crippen LogP contribution is -2.16. The van der Waals surface area contributed by atoms with Crippen molar-refractivity contribution in [1.82, 2.24) is 20.3 Å². The maximum Gasteiger partial charge on any atom is 0.222 e. The molecule has 0 aliphatic carbocycles. The van der Waals surface area contributed by atoms with Gasteiger partial charge < -0.3 is 16.8 Å². The average Bonchev–Trinajstić information content (AvgIpc) is 2.55. The van der Waals surface area contributed by atoms with Gasteiger partial charge in [0.1, 0.15) is 12.7 Å². The molecule has 1 heterocycles. The van der Waals surface area contributed by atoms with E-state index in [4.69, 9.17) is 11.5 Å². The Balaban J connectivity index is 0. The molecule has 0 saturated carbocycles. The quantitative estimate of drug-likeness (QED) is 0.571. The Morgan fingerprint density at radius 3 is 1.78 bits per heavy atom. The molecule has 0 aromatic carbocycles. The van der Waals surface area contributed by atoms with Crippen LogP contribution in [0.15, 0.2) is 12.7 Å². The smallest absolute Gasteiger partial charge is 0.222 e. The fourth-order valence-electron chi connectivity index (χ4n) is 1.71. The molecule has 0 bridgehead atoms. The molecule has 6 heteroatoms. The number of nitrogens with zero attached hydrogens (tertiary/aromatic N) is 3. The van der Waals surface area contributed by atoms with Crippen LogP contribution in [0.1, 0.15) is 72.1 Å². The first-order chi connectivity index (χ1) is 11.2. The first kappa shape index (κ1) is 24.0. The van der Waals surface area contributed by atoms with Crippen LogP contribution >= 0.6 is 0 Å². The Labute approximate surface area is 142 Å². The van der Waals surface area contributed by atoms with Gasteiger partial charge in [0.25, 0.3) is 0 Å². The molecule has 0 amide bonds. The van der Waals surface area contributed by atoms with Crippen LogP contribution in [0.5, 0.6) is 0 Å². The molecule has 1 aromatic heterocycles. The molecule has 0 aliphatic heterocycles. The van der Waals surface area contributed by atoms with Gasteiger partial charge in [0.15, 0.2) is 0 Å². The summed E-state index contributed by atoms with van der Waals surface area (Å²) in [5, 5.41) is 3.48. The highest BCUT2D eigenvalue weighted by molar-refractivity contribution is 5.08. The second-order valence-corrected chi connectivity index (χ2v) is 5.28. The van der Waals surface area contributed by atoms with Crippen LogP contribution in [0.2, 0.25) is 0 Å². The lowest BCUT2D eigenvalue weighted by molar-refractivity contribution is 0.563. The standard InChI is InChI=1S/C12H27N.C3H4N4.C2H7N/c1-3-5-7-8-9-10-12-13-11-6-4-2;4-3-6-1-5-2-7-3;1-2-3/h13H,3-12H2,1-2H3;1-2H,(H2,4,5,6,7);2-3H2,1H3. The number of anilines is 1. The van der Waals surface area contributed by atoms with Crippen molar-refractivity contribution in [3.05, 3.63) is 12.7 Å². The van der Waals surface area contributed by atoms with E-state index < -0.39 is 0 Å². The summed E-state index contributed by atoms with van der Waals surface area (Å²) in [6.45, 7) is 9.61. The molecule has 0 saturated heterocycles. The Hall–Kier alpha value is -1.27. The second kappa shape index (κ2) is 23.0. The van der Waals surface area contributed by atoms with Gasteiger partial charge in [0, 0.05) is 0 Å². The van der Waals surface area contributed by atoms with Gasteiger partial charge in [-0.2, -0.15) is 0 Å². The summed E-state index contributed by atoms with van der Waals surface area (Å²) in [4.78, 5) is 10.6. The summed E-state index contributed by atoms with van der Waals surface area (Å²) in [5.41, 5.74) is 9.94. The third-order valence-corrected chi connectivity index (χ3v) is 2.93. The van der Waals surface area contributed by atoms with Gasteiger partial charge >= 0.3 is 0 Å². The van der Waals surface area contributed by atoms with Crippen LogP contribution in [0.3, 0.4) is 0 Å². The summed E-state index contributed by atoms with van der Waals surface area (Å²) < 4.78 is 0. The van der Waals surface area contributed by atoms with Gasteiger partial charge in [0.05, 0.1) is 0 Å². The molecule has 0 aliphatic rings. The lowest BCUT2D eigenvalue weighted by Gasteiger charge is -2.03. The van der Waals surface area contributed by atoms with Gasteiger partial charge in [0.2, 0.25) is 5.95 Å². The monoisotopic (exact) mass is 326 g/mol. The van der Waals surface area contributed by atoms with E-state index in [1.165, 1.54) is 77.1 Å². The molecule has 136 valence electrons. The summed E-state index contributed by atoms with van der Waals surface area (Å²) in [6.07, 6.45) is 13.8. The predicted octanol–water partition coefficient (Wildman–Crippen LogP) is 3.16. The van der Waals surface area contributed by atoms with Crippen LogP contribution in [0.4, 0.5) is 5.95 Å². The number of aromatic nitrogens is 3. The zero-order valence-electron chi connectivity index (χ0n) is 15.4. The summed E-state index contributed by atoms with van der Waals surface area (Å²) in [7, 11) is 0. The van der Waals surface area contributed by atoms with Crippen molar-refractivity contribution in [3.63, 3.8) is 0 Å². The summed E-state index contributed by atoms with van der Waals surface area (Å²) in [5.74, 6) is 0.259. The first-order valence-corrected chi connectivity index (χ1v) is 9.01. The van der Waals surface area contributed by atoms with E-state index in [0.717, 1.165) is 6.54 Å². The number of nitrogen functional groups attached to an aromatic ring is 1. The molecule has 5 N–H and O–H groups in total. The molecule has 6 nitrogen and oxygen atoms in total. The van der Waals surface area contributed by atoms with Gasteiger partial charge in [-0.25, -0.2) is 15.0 Å². The molecule has 1 rings (SSSR count). The molecule has 0 spiro atoms. The van der Waals surface area contributed by atoms with E-state index in [1.807, 2.05) is 6.92 Å². The molecule has 23 heavy (non-hydrogen) atoms. The number of hydrogen-bond donors (Lipinski definition) is 3. The van der Waals surface area contributed by atoms with Crippen molar-refractivity contribution in [1.29, 1.82) is 0 Å². The topological polar surface area (TPSA) is 103 Å². The Morgan fingerprint density at radius 2 is 1.30 bits per heavy atom. The van der Waals surface area contributed by atoms with Gasteiger partial charge in [-0.3, -0.25) is 0 Å². The van der Waals surface area contributed by atoms with Gasteiger partial charge in [-0.05, 0) is 32.5 Å². The van der Waals surface area contributed by atoms with Crippen LogP contribution in [-0.4, -0.2) is 34.6 Å². The minimum atomic E-state index is 0.259. The fraction of sp³-hybridized carbons (Fsp3) is 0.824. The molecule has 0 radical (unpaired) electrons. The third kappa shape index (κ3) is 26.0. The van der Waals surface area contributed by atoms with Crippen molar-refractivity contribution in [2.75, 3.05) is 25.4 Å². The highest BCUT2D eigenvalue weighted by Crippen LogP contribution is 2.03. The Kier molecular flexibility index (Phi) is 24.0. The number of unbranched alkanes of at least 4 members (excludes halogenated alkanes) is 6. The molecule has 0 unspecified atom stereocenters. The predicted molar refractivity (Wildman–Crippen MR) is 100 cm³/mol. The number of hydrogen-bond acceptors (Lipinski definition) is 6. The average molecular weight is 327 g/mol. The van der Waals surface area contributed by atoms with E-state index in [9.17, 15) is 0 Å². The van der Waals surface area contributed by atoms with Crippen molar-refractivity contribution in [3.8, 4) is 0 Å². The Morgan fingerprint density at radius 1 is 0.826 bits per heavy atom. The molecular formula is C17H38N6. The number of rotatable bonds is 10. The minimum absolute atomic E-state index is 0.259. The van der Waals surface area contributed by atoms with Crippen molar-refractivity contribution < 1.29 is 0 Å². The lowest BCUT2D eigenvalue weighted by atomic mass is 10.1. The van der Waals surface area contributed by atoms with Crippen LogP contribution < -0.4 is 16.8 Å². The van der Waals surface area contributed by atoms with Crippen molar-refractivity contribution in [2.45, 2.75) is 72.1 Å². The van der Waals surface area contributed by atoms with Gasteiger partial charge in [-0.15, -0.1) is 0 Å². The van der Waals surface area contributed by atoms with E-state index in [0.29, 0.717) is 0 Å². The molecule has 0 atom stereocenters. The van der Waals surface area contributed by atoms with Crippen LogP contribution in [0, 0.1) is 0 Å².